The van der Waals surface area contributed by atoms with Gasteiger partial charge >= 0.3 is 5.97 Å². The second-order valence-corrected chi connectivity index (χ2v) is 12.1. The molecule has 2 saturated heterocycles. The lowest BCUT2D eigenvalue weighted by atomic mass is 9.48. The number of nitrogens with zero attached hydrogens (tertiary/aromatic N) is 1. The monoisotopic (exact) mass is 533 g/mol. The molecule has 6 N–H and O–H groups in total. The van der Waals surface area contributed by atoms with Gasteiger partial charge in [-0.1, -0.05) is 12.5 Å². The fourth-order valence-electron chi connectivity index (χ4n) is 8.29. The van der Waals surface area contributed by atoms with Crippen molar-refractivity contribution in [3.05, 3.63) is 23.3 Å². The number of hydrogen-bond donors (Lipinski definition) is 6. The number of phenols is 1. The number of rotatable bonds is 5. The van der Waals surface area contributed by atoms with Gasteiger partial charge in [0.1, 0.15) is 24.4 Å². The van der Waals surface area contributed by atoms with E-state index in [2.05, 4.69) is 4.90 Å². The van der Waals surface area contributed by atoms with Crippen molar-refractivity contribution in [2.45, 2.75) is 105 Å². The first-order chi connectivity index (χ1) is 18.2. The van der Waals surface area contributed by atoms with Gasteiger partial charge in [0.15, 0.2) is 23.9 Å². The predicted octanol–water partition coefficient (Wildman–Crippen LogP) is -0.376. The third-order valence-corrected chi connectivity index (χ3v) is 10.4. The summed E-state index contributed by atoms with van der Waals surface area (Å²) in [5, 5.41) is 63.7. The molecule has 2 saturated carbocycles. The Morgan fingerprint density at radius 3 is 2.61 bits per heavy atom. The normalized spacial score (nSPS) is 45.7. The second-order valence-electron chi connectivity index (χ2n) is 12.1. The van der Waals surface area contributed by atoms with Crippen LogP contribution in [0, 0.1) is 5.92 Å². The highest BCUT2D eigenvalue weighted by Crippen LogP contribution is 2.66. The summed E-state index contributed by atoms with van der Waals surface area (Å²) in [6.07, 6.45) is -4.39. The topological polar surface area (TPSA) is 169 Å². The van der Waals surface area contributed by atoms with Crippen LogP contribution in [0.4, 0.5) is 0 Å². The highest BCUT2D eigenvalue weighted by molar-refractivity contribution is 5.73. The maximum atomic E-state index is 12.6. The van der Waals surface area contributed by atoms with Crippen molar-refractivity contribution in [1.29, 1.82) is 0 Å². The van der Waals surface area contributed by atoms with Gasteiger partial charge in [0.25, 0.3) is 0 Å². The summed E-state index contributed by atoms with van der Waals surface area (Å²) in [4.78, 5) is 14.0. The summed E-state index contributed by atoms with van der Waals surface area (Å²) in [5.74, 6) is -0.506. The van der Waals surface area contributed by atoms with Crippen LogP contribution in [-0.2, 0) is 26.1 Å². The number of aliphatic hydroxyl groups excluding tert-OH is 3. The minimum absolute atomic E-state index is 0.0117. The molecule has 7 rings (SSSR count). The molecule has 38 heavy (non-hydrogen) atoms. The lowest BCUT2D eigenvalue weighted by Gasteiger charge is -2.64. The van der Waals surface area contributed by atoms with E-state index in [1.165, 1.54) is 19.3 Å². The minimum Gasteiger partial charge on any atom is -0.504 e. The molecule has 6 aliphatic rings. The number of aliphatic hydroxyl groups is 4. The fourth-order valence-corrected chi connectivity index (χ4v) is 8.29. The molecule has 1 aromatic carbocycles. The molecule has 0 aromatic heterocycles. The number of phenolic OH excluding ortho intramolecular Hbond substituents is 1. The summed E-state index contributed by atoms with van der Waals surface area (Å²) in [7, 11) is 0. The molecule has 11 heteroatoms. The van der Waals surface area contributed by atoms with Gasteiger partial charge in [-0.2, -0.15) is 0 Å². The van der Waals surface area contributed by atoms with Gasteiger partial charge < -0.3 is 44.8 Å². The summed E-state index contributed by atoms with van der Waals surface area (Å²) >= 11 is 0. The van der Waals surface area contributed by atoms with E-state index in [1.54, 1.807) is 6.07 Å². The van der Waals surface area contributed by atoms with Gasteiger partial charge in [0.05, 0.1) is 17.1 Å². The summed E-state index contributed by atoms with van der Waals surface area (Å²) < 4.78 is 18.0. The van der Waals surface area contributed by atoms with Crippen molar-refractivity contribution in [3.63, 3.8) is 0 Å². The van der Waals surface area contributed by atoms with Crippen LogP contribution in [0.3, 0.4) is 0 Å². The quantitative estimate of drug-likeness (QED) is 0.292. The van der Waals surface area contributed by atoms with Crippen molar-refractivity contribution < 1.29 is 49.6 Å². The molecule has 0 radical (unpaired) electrons. The number of aromatic hydroxyl groups is 1. The molecule has 0 amide bonds. The van der Waals surface area contributed by atoms with Crippen molar-refractivity contribution in [2.75, 3.05) is 13.1 Å². The Morgan fingerprint density at radius 1 is 1.11 bits per heavy atom. The molecular formula is C27H35NO10. The SMILES string of the molecule is O=C(O)[C@H]1O[C@@H](O[C@H]2CC[C@@]3(O)[C@H]4Cc5ccc(O)c6c5[C@@]3(CCN4CC3CCC3)[C@H]2O6)[C@H](O)[C@@H](O)[C@@H]1O. The molecule has 1 spiro atoms. The average Bonchev–Trinajstić information content (AvgIpc) is 3.21. The summed E-state index contributed by atoms with van der Waals surface area (Å²) in [5.41, 5.74) is -0.131. The highest BCUT2D eigenvalue weighted by atomic mass is 16.7. The molecule has 3 aliphatic heterocycles. The van der Waals surface area contributed by atoms with Crippen LogP contribution in [0.15, 0.2) is 12.1 Å². The number of carboxylic acid groups (broad SMARTS) is 1. The van der Waals surface area contributed by atoms with Crippen LogP contribution in [0.5, 0.6) is 11.5 Å². The number of hydrogen-bond acceptors (Lipinski definition) is 10. The van der Waals surface area contributed by atoms with Crippen molar-refractivity contribution in [3.8, 4) is 11.5 Å². The van der Waals surface area contributed by atoms with E-state index in [-0.39, 0.29) is 11.8 Å². The number of ether oxygens (including phenoxy) is 3. The number of carboxylic acids is 1. The maximum absolute atomic E-state index is 12.6. The van der Waals surface area contributed by atoms with E-state index < -0.39 is 59.9 Å². The standard InChI is InChI=1S/C27H35NO10/c29-14-5-4-13-10-16-27(35)7-6-15(36-25-20(32)18(30)19(31)22(38-25)24(33)34)23-26(27,17(13)21(14)37-23)8-9-28(16)11-12-2-1-3-12/h4-5,12,15-16,18-20,22-23,25,29-32,35H,1-3,6-11H2,(H,33,34)/t15-,16+,18-,19-,20+,22-,23-,25+,26-,27+/m0/s1. The zero-order valence-corrected chi connectivity index (χ0v) is 21.0. The van der Waals surface area contributed by atoms with Gasteiger partial charge in [-0.05, 0) is 62.6 Å². The molecule has 11 nitrogen and oxygen atoms in total. The molecule has 208 valence electrons. The van der Waals surface area contributed by atoms with Crippen LogP contribution in [-0.4, -0.2) is 109 Å². The summed E-state index contributed by atoms with van der Waals surface area (Å²) in [6, 6.07) is 3.42. The average molecular weight is 534 g/mol. The zero-order chi connectivity index (χ0) is 26.6. The highest BCUT2D eigenvalue weighted by Gasteiger charge is 2.73. The van der Waals surface area contributed by atoms with Gasteiger partial charge in [-0.3, -0.25) is 4.90 Å². The lowest BCUT2D eigenvalue weighted by molar-refractivity contribution is -0.320. The van der Waals surface area contributed by atoms with E-state index in [9.17, 15) is 35.4 Å². The van der Waals surface area contributed by atoms with E-state index in [0.29, 0.717) is 37.4 Å². The van der Waals surface area contributed by atoms with Gasteiger partial charge in [0, 0.05) is 18.2 Å². The van der Waals surface area contributed by atoms with E-state index in [1.807, 2.05) is 6.07 Å². The number of aliphatic carboxylic acids is 1. The zero-order valence-electron chi connectivity index (χ0n) is 21.0. The van der Waals surface area contributed by atoms with Gasteiger partial charge in [-0.15, -0.1) is 0 Å². The minimum atomic E-state index is -1.82. The first-order valence-corrected chi connectivity index (χ1v) is 13.7. The first kappa shape index (κ1) is 25.0. The summed E-state index contributed by atoms with van der Waals surface area (Å²) in [6.45, 7) is 1.72. The molecular weight excluding hydrogens is 498 g/mol. The predicted molar refractivity (Wildman–Crippen MR) is 129 cm³/mol. The number of benzene rings is 1. The Hall–Kier alpha value is -1.99. The van der Waals surface area contributed by atoms with Crippen LogP contribution in [0.2, 0.25) is 0 Å². The number of carbonyl (C=O) groups is 1. The van der Waals surface area contributed by atoms with Crippen LogP contribution in [0.1, 0.15) is 49.7 Å². The molecule has 2 bridgehead atoms. The van der Waals surface area contributed by atoms with Crippen LogP contribution >= 0.6 is 0 Å². The molecule has 3 aliphatic carbocycles. The third kappa shape index (κ3) is 3.18. The van der Waals surface area contributed by atoms with Gasteiger partial charge in [0.2, 0.25) is 0 Å². The van der Waals surface area contributed by atoms with E-state index in [0.717, 1.165) is 24.2 Å². The van der Waals surface area contributed by atoms with Crippen LogP contribution < -0.4 is 4.74 Å². The molecule has 3 heterocycles. The molecule has 1 aromatic rings. The lowest BCUT2D eigenvalue weighted by Crippen LogP contribution is -2.77. The molecule has 4 fully saturated rings. The molecule has 10 atom stereocenters. The van der Waals surface area contributed by atoms with Crippen LogP contribution in [0.25, 0.3) is 0 Å². The Morgan fingerprint density at radius 2 is 1.89 bits per heavy atom. The van der Waals surface area contributed by atoms with Crippen molar-refractivity contribution >= 4 is 5.97 Å². The molecule has 0 unspecified atom stereocenters. The van der Waals surface area contributed by atoms with E-state index in [4.69, 9.17) is 14.2 Å². The first-order valence-electron chi connectivity index (χ1n) is 13.7. The Labute approximate surface area is 219 Å². The maximum Gasteiger partial charge on any atom is 0.335 e. The largest absolute Gasteiger partial charge is 0.504 e. The Bertz CT molecular complexity index is 1140. The van der Waals surface area contributed by atoms with Gasteiger partial charge in [-0.25, -0.2) is 4.79 Å². The van der Waals surface area contributed by atoms with Crippen molar-refractivity contribution in [1.82, 2.24) is 4.90 Å². The Balaban J connectivity index is 1.24. The fraction of sp³-hybridized carbons (Fsp3) is 0.741. The van der Waals surface area contributed by atoms with Crippen molar-refractivity contribution in [2.24, 2.45) is 5.92 Å². The number of piperidine rings is 1. The number of likely N-dealkylation sites (tertiary alicyclic amines) is 1. The Kier molecular flexibility index (Phi) is 5.60. The second kappa shape index (κ2) is 8.50. The smallest absolute Gasteiger partial charge is 0.335 e. The third-order valence-electron chi connectivity index (χ3n) is 10.4. The van der Waals surface area contributed by atoms with E-state index >= 15 is 0 Å².